The molecule has 1 saturated heterocycles. The Morgan fingerprint density at radius 2 is 2.04 bits per heavy atom. The van der Waals surface area contributed by atoms with Gasteiger partial charge in [-0.1, -0.05) is 0 Å². The molecule has 3 N–H and O–H groups in total. The number of morpholine rings is 1. The second kappa shape index (κ2) is 6.62. The number of nitrogens with two attached hydrogens (primary N) is 1. The van der Waals surface area contributed by atoms with Crippen molar-refractivity contribution in [1.82, 2.24) is 9.97 Å². The highest BCUT2D eigenvalue weighted by Gasteiger charge is 2.16. The van der Waals surface area contributed by atoms with E-state index in [9.17, 15) is 0 Å². The SMILES string of the molecule is COc1ccc(N)c(C(=N)c2cc(N3CCOCC3)ncn2)c1. The highest BCUT2D eigenvalue weighted by Crippen LogP contribution is 2.23. The first-order valence-electron chi connectivity index (χ1n) is 7.36. The van der Waals surface area contributed by atoms with Gasteiger partial charge in [0.15, 0.2) is 0 Å². The van der Waals surface area contributed by atoms with Crippen molar-refractivity contribution in [3.8, 4) is 5.75 Å². The molecule has 0 bridgehead atoms. The lowest BCUT2D eigenvalue weighted by Gasteiger charge is -2.27. The minimum absolute atomic E-state index is 0.248. The van der Waals surface area contributed by atoms with Crippen molar-refractivity contribution in [2.24, 2.45) is 0 Å². The van der Waals surface area contributed by atoms with E-state index < -0.39 is 0 Å². The summed E-state index contributed by atoms with van der Waals surface area (Å²) in [4.78, 5) is 10.6. The second-order valence-electron chi connectivity index (χ2n) is 5.19. The van der Waals surface area contributed by atoms with Crippen LogP contribution in [0.25, 0.3) is 0 Å². The van der Waals surface area contributed by atoms with Crippen LogP contribution in [0.2, 0.25) is 0 Å². The maximum Gasteiger partial charge on any atom is 0.132 e. The Bertz CT molecular complexity index is 713. The zero-order valence-electron chi connectivity index (χ0n) is 13.0. The number of nitrogen functional groups attached to an aromatic ring is 1. The van der Waals surface area contributed by atoms with Crippen molar-refractivity contribution < 1.29 is 9.47 Å². The van der Waals surface area contributed by atoms with E-state index in [4.69, 9.17) is 20.6 Å². The fourth-order valence-corrected chi connectivity index (χ4v) is 2.47. The Balaban J connectivity index is 1.90. The largest absolute Gasteiger partial charge is 0.497 e. The first kappa shape index (κ1) is 15.2. The van der Waals surface area contributed by atoms with Crippen LogP contribution in [0.5, 0.6) is 5.75 Å². The molecule has 1 fully saturated rings. The summed E-state index contributed by atoms with van der Waals surface area (Å²) in [6.07, 6.45) is 1.48. The molecule has 120 valence electrons. The fraction of sp³-hybridized carbons (Fsp3) is 0.312. The third-order valence-corrected chi connectivity index (χ3v) is 3.77. The van der Waals surface area contributed by atoms with E-state index in [1.165, 1.54) is 6.33 Å². The number of methoxy groups -OCH3 is 1. The van der Waals surface area contributed by atoms with E-state index >= 15 is 0 Å². The Hall–Kier alpha value is -2.67. The third kappa shape index (κ3) is 3.24. The molecule has 0 aliphatic carbocycles. The number of ether oxygens (including phenoxy) is 2. The normalized spacial score (nSPS) is 14.6. The average molecular weight is 313 g/mol. The third-order valence-electron chi connectivity index (χ3n) is 3.77. The summed E-state index contributed by atoms with van der Waals surface area (Å²) in [7, 11) is 1.58. The highest BCUT2D eigenvalue weighted by molar-refractivity contribution is 6.13. The van der Waals surface area contributed by atoms with E-state index in [2.05, 4.69) is 14.9 Å². The van der Waals surface area contributed by atoms with Gasteiger partial charge >= 0.3 is 0 Å². The van der Waals surface area contributed by atoms with Crippen LogP contribution in [0.15, 0.2) is 30.6 Å². The molecular formula is C16H19N5O2. The predicted molar refractivity (Wildman–Crippen MR) is 88.4 cm³/mol. The molecule has 0 radical (unpaired) electrons. The van der Waals surface area contributed by atoms with E-state index in [1.54, 1.807) is 25.3 Å². The minimum Gasteiger partial charge on any atom is -0.497 e. The molecule has 7 heteroatoms. The topological polar surface area (TPSA) is 97.4 Å². The number of anilines is 2. The molecule has 1 aromatic heterocycles. The quantitative estimate of drug-likeness (QED) is 0.652. The molecule has 23 heavy (non-hydrogen) atoms. The first-order chi connectivity index (χ1) is 11.2. The molecule has 2 aromatic rings. The van der Waals surface area contributed by atoms with Gasteiger partial charge < -0.3 is 20.1 Å². The summed E-state index contributed by atoms with van der Waals surface area (Å²) < 4.78 is 10.6. The standard InChI is InChI=1S/C16H19N5O2/c1-22-11-2-3-13(17)12(8-11)16(18)14-9-15(20-10-19-14)21-4-6-23-7-5-21/h2-3,8-10,18H,4-7,17H2,1H3. The van der Waals surface area contributed by atoms with Gasteiger partial charge in [-0.3, -0.25) is 5.41 Å². The molecule has 1 aromatic carbocycles. The van der Waals surface area contributed by atoms with E-state index in [0.29, 0.717) is 35.9 Å². The molecule has 7 nitrogen and oxygen atoms in total. The van der Waals surface area contributed by atoms with Crippen LogP contribution in [-0.2, 0) is 4.74 Å². The number of hydrogen-bond acceptors (Lipinski definition) is 7. The van der Waals surface area contributed by atoms with Crippen molar-refractivity contribution in [3.05, 3.63) is 41.9 Å². The first-order valence-corrected chi connectivity index (χ1v) is 7.36. The second-order valence-corrected chi connectivity index (χ2v) is 5.19. The van der Waals surface area contributed by atoms with Gasteiger partial charge in [-0.05, 0) is 18.2 Å². The average Bonchev–Trinajstić information content (AvgIpc) is 2.62. The van der Waals surface area contributed by atoms with Crippen LogP contribution in [0.1, 0.15) is 11.3 Å². The molecule has 2 heterocycles. The Labute approximate surface area is 134 Å². The predicted octanol–water partition coefficient (Wildman–Crippen LogP) is 1.32. The van der Waals surface area contributed by atoms with Crippen molar-refractivity contribution in [2.75, 3.05) is 44.0 Å². The maximum atomic E-state index is 8.42. The van der Waals surface area contributed by atoms with Gasteiger partial charge in [0.25, 0.3) is 0 Å². The number of hydrogen-bond donors (Lipinski definition) is 2. The van der Waals surface area contributed by atoms with Crippen LogP contribution in [0.3, 0.4) is 0 Å². The van der Waals surface area contributed by atoms with Crippen LogP contribution in [0.4, 0.5) is 11.5 Å². The molecule has 0 atom stereocenters. The van der Waals surface area contributed by atoms with Crippen LogP contribution in [-0.4, -0.2) is 49.1 Å². The zero-order valence-corrected chi connectivity index (χ0v) is 13.0. The van der Waals surface area contributed by atoms with E-state index in [0.717, 1.165) is 18.9 Å². The van der Waals surface area contributed by atoms with Crippen LogP contribution in [0, 0.1) is 5.41 Å². The summed E-state index contributed by atoms with van der Waals surface area (Å²) in [5.41, 5.74) is 7.88. The smallest absolute Gasteiger partial charge is 0.132 e. The van der Waals surface area contributed by atoms with E-state index in [-0.39, 0.29) is 5.71 Å². The number of benzene rings is 1. The molecular weight excluding hydrogens is 294 g/mol. The van der Waals surface area contributed by atoms with E-state index in [1.807, 2.05) is 6.07 Å². The number of aromatic nitrogens is 2. The van der Waals surface area contributed by atoms with Gasteiger partial charge in [-0.2, -0.15) is 0 Å². The van der Waals surface area contributed by atoms with Gasteiger partial charge in [0.05, 0.1) is 31.7 Å². The molecule has 0 spiro atoms. The van der Waals surface area contributed by atoms with Crippen molar-refractivity contribution >= 4 is 17.2 Å². The Morgan fingerprint density at radius 3 is 2.78 bits per heavy atom. The summed E-state index contributed by atoms with van der Waals surface area (Å²) in [6, 6.07) is 7.05. The van der Waals surface area contributed by atoms with Gasteiger partial charge in [0, 0.05) is 30.4 Å². The lowest BCUT2D eigenvalue weighted by molar-refractivity contribution is 0.122. The molecule has 0 unspecified atom stereocenters. The molecule has 0 saturated carbocycles. The van der Waals surface area contributed by atoms with Crippen molar-refractivity contribution in [3.63, 3.8) is 0 Å². The lowest BCUT2D eigenvalue weighted by Crippen LogP contribution is -2.36. The van der Waals surface area contributed by atoms with Crippen molar-refractivity contribution in [2.45, 2.75) is 0 Å². The molecule has 1 aliphatic heterocycles. The number of nitrogens with one attached hydrogen (secondary N) is 1. The summed E-state index contributed by atoms with van der Waals surface area (Å²) in [5.74, 6) is 1.45. The molecule has 3 rings (SSSR count). The fourth-order valence-electron chi connectivity index (χ4n) is 2.47. The Kier molecular flexibility index (Phi) is 4.38. The summed E-state index contributed by atoms with van der Waals surface area (Å²) in [5, 5.41) is 8.42. The van der Waals surface area contributed by atoms with Gasteiger partial charge in [-0.25, -0.2) is 9.97 Å². The highest BCUT2D eigenvalue weighted by atomic mass is 16.5. The molecule has 0 amide bonds. The van der Waals surface area contributed by atoms with Crippen molar-refractivity contribution in [1.29, 1.82) is 5.41 Å². The Morgan fingerprint density at radius 1 is 1.26 bits per heavy atom. The summed E-state index contributed by atoms with van der Waals surface area (Å²) >= 11 is 0. The van der Waals surface area contributed by atoms with Gasteiger partial charge in [0.2, 0.25) is 0 Å². The number of nitrogens with zero attached hydrogens (tertiary/aromatic N) is 3. The van der Waals surface area contributed by atoms with Gasteiger partial charge in [-0.15, -0.1) is 0 Å². The molecule has 1 aliphatic rings. The van der Waals surface area contributed by atoms with Gasteiger partial charge in [0.1, 0.15) is 17.9 Å². The monoisotopic (exact) mass is 313 g/mol. The van der Waals surface area contributed by atoms with Crippen LogP contribution >= 0.6 is 0 Å². The minimum atomic E-state index is 0.248. The van der Waals surface area contributed by atoms with Crippen LogP contribution < -0.4 is 15.4 Å². The zero-order chi connectivity index (χ0) is 16.2. The lowest BCUT2D eigenvalue weighted by atomic mass is 10.0. The number of rotatable bonds is 4. The maximum absolute atomic E-state index is 8.42. The summed E-state index contributed by atoms with van der Waals surface area (Å²) in [6.45, 7) is 2.93.